The molecule has 88 valence electrons. The molecule has 1 rings (SSSR count). The van der Waals surface area contributed by atoms with Crippen molar-refractivity contribution in [1.29, 1.82) is 0 Å². The molecule has 1 saturated carbocycles. The summed E-state index contributed by atoms with van der Waals surface area (Å²) in [6.07, 6.45) is 4.34. The van der Waals surface area contributed by atoms with E-state index in [1.807, 2.05) is 0 Å². The van der Waals surface area contributed by atoms with E-state index in [1.54, 1.807) is 0 Å². The normalized spacial score (nSPS) is 27.7. The molecule has 0 aromatic carbocycles. The predicted molar refractivity (Wildman–Crippen MR) is 60.4 cm³/mol. The summed E-state index contributed by atoms with van der Waals surface area (Å²) in [4.78, 5) is 11.5. The van der Waals surface area contributed by atoms with Crippen LogP contribution >= 0.6 is 0 Å². The topological polar surface area (TPSA) is 49.3 Å². The Balaban J connectivity index is 2.11. The van der Waals surface area contributed by atoms with Crippen molar-refractivity contribution in [1.82, 2.24) is 5.32 Å². The Morgan fingerprint density at radius 3 is 2.80 bits per heavy atom. The second kappa shape index (κ2) is 6.11. The molecule has 0 bridgehead atoms. The van der Waals surface area contributed by atoms with E-state index >= 15 is 0 Å². The standard InChI is InChI=1S/C12H23NO2/c1-3-9(2)6-12(15)13-8-10-4-5-11(14)7-10/h9-11,14H,3-8H2,1-2H3,(H,13,15). The number of hydrogen-bond acceptors (Lipinski definition) is 2. The molecule has 0 aromatic rings. The van der Waals surface area contributed by atoms with Crippen molar-refractivity contribution >= 4 is 5.91 Å². The largest absolute Gasteiger partial charge is 0.393 e. The summed E-state index contributed by atoms with van der Waals surface area (Å²) in [6, 6.07) is 0. The van der Waals surface area contributed by atoms with Crippen LogP contribution in [-0.4, -0.2) is 23.7 Å². The number of rotatable bonds is 5. The van der Waals surface area contributed by atoms with Crippen molar-refractivity contribution in [3.63, 3.8) is 0 Å². The number of amides is 1. The number of hydrogen-bond donors (Lipinski definition) is 2. The number of nitrogens with one attached hydrogen (secondary N) is 1. The molecule has 3 atom stereocenters. The van der Waals surface area contributed by atoms with Crippen molar-refractivity contribution in [2.24, 2.45) is 11.8 Å². The Kier molecular flexibility index (Phi) is 5.09. The summed E-state index contributed by atoms with van der Waals surface area (Å²) in [5.41, 5.74) is 0. The molecule has 1 aliphatic rings. The smallest absolute Gasteiger partial charge is 0.220 e. The van der Waals surface area contributed by atoms with Crippen LogP contribution in [0.2, 0.25) is 0 Å². The summed E-state index contributed by atoms with van der Waals surface area (Å²) in [7, 11) is 0. The lowest BCUT2D eigenvalue weighted by Gasteiger charge is -2.12. The maximum Gasteiger partial charge on any atom is 0.220 e. The van der Waals surface area contributed by atoms with E-state index in [2.05, 4.69) is 19.2 Å². The van der Waals surface area contributed by atoms with Gasteiger partial charge in [0.2, 0.25) is 5.91 Å². The molecule has 1 aliphatic carbocycles. The maximum atomic E-state index is 11.5. The fourth-order valence-electron chi connectivity index (χ4n) is 2.03. The van der Waals surface area contributed by atoms with Crippen LogP contribution in [0.4, 0.5) is 0 Å². The summed E-state index contributed by atoms with van der Waals surface area (Å²) in [5.74, 6) is 1.12. The third-order valence-electron chi connectivity index (χ3n) is 3.33. The first kappa shape index (κ1) is 12.5. The summed E-state index contributed by atoms with van der Waals surface area (Å²) in [5, 5.41) is 12.3. The van der Waals surface area contributed by atoms with Crippen molar-refractivity contribution in [3.8, 4) is 0 Å². The zero-order valence-electron chi connectivity index (χ0n) is 9.83. The zero-order chi connectivity index (χ0) is 11.3. The first-order chi connectivity index (χ1) is 7.11. The lowest BCUT2D eigenvalue weighted by molar-refractivity contribution is -0.122. The first-order valence-electron chi connectivity index (χ1n) is 6.06. The number of aliphatic hydroxyl groups excluding tert-OH is 1. The van der Waals surface area contributed by atoms with Crippen LogP contribution in [0.15, 0.2) is 0 Å². The molecule has 0 heterocycles. The first-order valence-corrected chi connectivity index (χ1v) is 6.06. The Hall–Kier alpha value is -0.570. The molecule has 0 aliphatic heterocycles. The van der Waals surface area contributed by atoms with Gasteiger partial charge in [0.05, 0.1) is 6.10 Å². The second-order valence-corrected chi connectivity index (χ2v) is 4.85. The maximum absolute atomic E-state index is 11.5. The van der Waals surface area contributed by atoms with Gasteiger partial charge in [0.25, 0.3) is 0 Å². The number of carbonyl (C=O) groups excluding carboxylic acids is 1. The minimum Gasteiger partial charge on any atom is -0.393 e. The fraction of sp³-hybridized carbons (Fsp3) is 0.917. The van der Waals surface area contributed by atoms with E-state index in [-0.39, 0.29) is 12.0 Å². The summed E-state index contributed by atoms with van der Waals surface area (Å²) >= 11 is 0. The van der Waals surface area contributed by atoms with Gasteiger partial charge in [-0.05, 0) is 31.1 Å². The fourth-order valence-corrected chi connectivity index (χ4v) is 2.03. The summed E-state index contributed by atoms with van der Waals surface area (Å²) < 4.78 is 0. The molecule has 0 radical (unpaired) electrons. The van der Waals surface area contributed by atoms with Gasteiger partial charge in [-0.2, -0.15) is 0 Å². The van der Waals surface area contributed by atoms with E-state index < -0.39 is 0 Å². The molecule has 0 saturated heterocycles. The molecular weight excluding hydrogens is 190 g/mol. The average molecular weight is 213 g/mol. The second-order valence-electron chi connectivity index (χ2n) is 4.85. The molecule has 3 unspecified atom stereocenters. The van der Waals surface area contributed by atoms with Crippen molar-refractivity contribution in [2.45, 2.75) is 52.1 Å². The molecule has 2 N–H and O–H groups in total. The van der Waals surface area contributed by atoms with Crippen LogP contribution in [0.1, 0.15) is 46.0 Å². The van der Waals surface area contributed by atoms with Crippen molar-refractivity contribution in [2.75, 3.05) is 6.54 Å². The van der Waals surface area contributed by atoms with Gasteiger partial charge < -0.3 is 10.4 Å². The highest BCUT2D eigenvalue weighted by atomic mass is 16.3. The quantitative estimate of drug-likeness (QED) is 0.730. The molecule has 3 heteroatoms. The Morgan fingerprint density at radius 2 is 2.27 bits per heavy atom. The van der Waals surface area contributed by atoms with Crippen molar-refractivity contribution in [3.05, 3.63) is 0 Å². The van der Waals surface area contributed by atoms with Gasteiger partial charge in [0.15, 0.2) is 0 Å². The molecule has 1 fully saturated rings. The predicted octanol–water partition coefficient (Wildman–Crippen LogP) is 1.70. The molecule has 1 amide bonds. The Morgan fingerprint density at radius 1 is 1.53 bits per heavy atom. The van der Waals surface area contributed by atoms with Gasteiger partial charge in [-0.15, -0.1) is 0 Å². The lowest BCUT2D eigenvalue weighted by Crippen LogP contribution is -2.29. The molecule has 3 nitrogen and oxygen atoms in total. The highest BCUT2D eigenvalue weighted by Gasteiger charge is 2.22. The van der Waals surface area contributed by atoms with Crippen molar-refractivity contribution < 1.29 is 9.90 Å². The van der Waals surface area contributed by atoms with Gasteiger partial charge in [-0.1, -0.05) is 20.3 Å². The Labute approximate surface area is 92.3 Å². The number of carbonyl (C=O) groups is 1. The Bertz CT molecular complexity index is 206. The average Bonchev–Trinajstić information content (AvgIpc) is 2.61. The van der Waals surface area contributed by atoms with Gasteiger partial charge in [-0.25, -0.2) is 0 Å². The van der Waals surface area contributed by atoms with E-state index in [9.17, 15) is 9.90 Å². The van der Waals surface area contributed by atoms with Crippen LogP contribution in [0.3, 0.4) is 0 Å². The van der Waals surface area contributed by atoms with E-state index in [4.69, 9.17) is 0 Å². The van der Waals surface area contributed by atoms with E-state index in [1.165, 1.54) is 0 Å². The van der Waals surface area contributed by atoms with Crippen LogP contribution in [0.25, 0.3) is 0 Å². The molecular formula is C12H23NO2. The third kappa shape index (κ3) is 4.65. The van der Waals surface area contributed by atoms with Crippen LogP contribution in [-0.2, 0) is 4.79 Å². The molecule has 0 spiro atoms. The zero-order valence-corrected chi connectivity index (χ0v) is 9.83. The van der Waals surface area contributed by atoms with Crippen LogP contribution in [0, 0.1) is 11.8 Å². The highest BCUT2D eigenvalue weighted by Crippen LogP contribution is 2.24. The van der Waals surface area contributed by atoms with E-state index in [0.717, 1.165) is 32.2 Å². The van der Waals surface area contributed by atoms with Crippen LogP contribution < -0.4 is 5.32 Å². The SMILES string of the molecule is CCC(C)CC(=O)NCC1CCC(O)C1. The monoisotopic (exact) mass is 213 g/mol. The minimum atomic E-state index is -0.138. The van der Waals surface area contributed by atoms with Gasteiger partial charge in [0, 0.05) is 13.0 Å². The number of aliphatic hydroxyl groups is 1. The van der Waals surface area contributed by atoms with Gasteiger partial charge >= 0.3 is 0 Å². The summed E-state index contributed by atoms with van der Waals surface area (Å²) in [6.45, 7) is 4.94. The highest BCUT2D eigenvalue weighted by molar-refractivity contribution is 5.76. The van der Waals surface area contributed by atoms with Gasteiger partial charge in [-0.3, -0.25) is 4.79 Å². The molecule has 0 aromatic heterocycles. The molecule has 15 heavy (non-hydrogen) atoms. The van der Waals surface area contributed by atoms with Gasteiger partial charge in [0.1, 0.15) is 0 Å². The van der Waals surface area contributed by atoms with Crippen LogP contribution in [0.5, 0.6) is 0 Å². The lowest BCUT2D eigenvalue weighted by atomic mass is 10.0. The third-order valence-corrected chi connectivity index (χ3v) is 3.33. The minimum absolute atomic E-state index is 0.138. The van der Waals surface area contributed by atoms with E-state index in [0.29, 0.717) is 18.3 Å².